The fraction of sp³-hybridized carbons (Fsp3) is 0.500. The van der Waals surface area contributed by atoms with E-state index in [1.54, 1.807) is 7.11 Å². The third kappa shape index (κ3) is 2.97. The molecule has 1 saturated heterocycles. The number of piperidine rings is 1. The number of carbonyl (C=O) groups excluding carboxylic acids is 1. The van der Waals surface area contributed by atoms with Crippen molar-refractivity contribution >= 4 is 17.4 Å². The molecule has 2 heterocycles. The number of aromatic nitrogens is 2. The molecule has 7 heteroatoms. The van der Waals surface area contributed by atoms with Gasteiger partial charge in [-0.15, -0.1) is 5.10 Å². The third-order valence-corrected chi connectivity index (χ3v) is 6.12. The molecule has 1 aromatic heterocycles. The molecule has 4 rings (SSSR count). The Bertz CT molecular complexity index is 761. The van der Waals surface area contributed by atoms with Crippen molar-refractivity contribution in [3.05, 3.63) is 34.8 Å². The van der Waals surface area contributed by atoms with Crippen LogP contribution in [0.2, 0.25) is 0 Å². The van der Waals surface area contributed by atoms with Crippen LogP contribution in [0.4, 0.5) is 0 Å². The minimum atomic E-state index is 0.0584. The van der Waals surface area contributed by atoms with Gasteiger partial charge in [-0.1, -0.05) is 4.49 Å². The van der Waals surface area contributed by atoms with E-state index in [9.17, 15) is 4.79 Å². The van der Waals surface area contributed by atoms with E-state index in [2.05, 4.69) is 9.59 Å². The second kappa shape index (κ2) is 6.63. The zero-order valence-corrected chi connectivity index (χ0v) is 15.2. The Morgan fingerprint density at radius 1 is 1.28 bits per heavy atom. The number of hydrogen-bond donors (Lipinski definition) is 0. The maximum Gasteiger partial charge on any atom is 0.268 e. The van der Waals surface area contributed by atoms with E-state index in [4.69, 9.17) is 9.47 Å². The van der Waals surface area contributed by atoms with Crippen LogP contribution < -0.4 is 9.47 Å². The molecule has 1 amide bonds. The Morgan fingerprint density at radius 2 is 2.04 bits per heavy atom. The Balaban J connectivity index is 1.49. The van der Waals surface area contributed by atoms with Crippen molar-refractivity contribution in [3.63, 3.8) is 0 Å². The fourth-order valence-electron chi connectivity index (χ4n) is 4.02. The first-order valence-corrected chi connectivity index (χ1v) is 9.33. The molecule has 2 aliphatic rings. The summed E-state index contributed by atoms with van der Waals surface area (Å²) in [5.74, 6) is 2.18. The molecule has 25 heavy (non-hydrogen) atoms. The smallest absolute Gasteiger partial charge is 0.268 e. The van der Waals surface area contributed by atoms with Gasteiger partial charge in [0, 0.05) is 6.04 Å². The van der Waals surface area contributed by atoms with E-state index in [1.807, 2.05) is 36.1 Å². The van der Waals surface area contributed by atoms with Crippen LogP contribution in [-0.2, 0) is 0 Å². The molecule has 2 fully saturated rings. The topological polar surface area (TPSA) is 64.6 Å². The summed E-state index contributed by atoms with van der Waals surface area (Å²) in [5.41, 5.74) is 0.715. The molecule has 3 atom stereocenters. The van der Waals surface area contributed by atoms with Crippen molar-refractivity contribution in [2.45, 2.75) is 38.3 Å². The normalized spacial score (nSPS) is 24.6. The molecule has 1 aliphatic carbocycles. The number of methoxy groups -OCH3 is 1. The lowest BCUT2D eigenvalue weighted by Gasteiger charge is -2.35. The van der Waals surface area contributed by atoms with Gasteiger partial charge in [-0.3, -0.25) is 4.79 Å². The van der Waals surface area contributed by atoms with Crippen molar-refractivity contribution in [1.82, 2.24) is 14.5 Å². The minimum absolute atomic E-state index is 0.0584. The second-order valence-corrected chi connectivity index (χ2v) is 7.43. The summed E-state index contributed by atoms with van der Waals surface area (Å²) in [5, 5.41) is 3.98. The van der Waals surface area contributed by atoms with Crippen LogP contribution in [0.25, 0.3) is 0 Å². The lowest BCUT2D eigenvalue weighted by atomic mass is 9.99. The summed E-state index contributed by atoms with van der Waals surface area (Å²) in [6.45, 7) is 2.36. The van der Waals surface area contributed by atoms with Crippen molar-refractivity contribution in [1.29, 1.82) is 0 Å². The van der Waals surface area contributed by atoms with Crippen LogP contribution in [0, 0.1) is 12.8 Å². The highest BCUT2D eigenvalue weighted by Gasteiger charge is 2.49. The number of likely N-dealkylation sites (tertiary alicyclic amines) is 1. The quantitative estimate of drug-likeness (QED) is 0.821. The predicted octanol–water partition coefficient (Wildman–Crippen LogP) is 2.93. The fourth-order valence-corrected chi connectivity index (χ4v) is 4.62. The van der Waals surface area contributed by atoms with Crippen LogP contribution in [0.1, 0.15) is 34.6 Å². The van der Waals surface area contributed by atoms with Gasteiger partial charge in [0.1, 0.15) is 23.0 Å². The summed E-state index contributed by atoms with van der Waals surface area (Å²) in [4.78, 5) is 15.7. The van der Waals surface area contributed by atoms with Crippen molar-refractivity contribution in [3.8, 4) is 11.5 Å². The highest BCUT2D eigenvalue weighted by Crippen LogP contribution is 2.43. The summed E-state index contributed by atoms with van der Waals surface area (Å²) in [6.07, 6.45) is 3.33. The van der Waals surface area contributed by atoms with Crippen LogP contribution in [0.3, 0.4) is 0 Å². The summed E-state index contributed by atoms with van der Waals surface area (Å²) in [7, 11) is 1.64. The second-order valence-electron chi connectivity index (χ2n) is 6.68. The molecule has 6 nitrogen and oxygen atoms in total. The average molecular weight is 359 g/mol. The first-order valence-electron chi connectivity index (χ1n) is 8.56. The summed E-state index contributed by atoms with van der Waals surface area (Å²) >= 11 is 1.19. The van der Waals surface area contributed by atoms with Crippen LogP contribution in [0.5, 0.6) is 11.5 Å². The lowest BCUT2D eigenvalue weighted by molar-refractivity contribution is 0.0509. The summed E-state index contributed by atoms with van der Waals surface area (Å²) in [6, 6.07) is 8.00. The Kier molecular flexibility index (Phi) is 4.33. The largest absolute Gasteiger partial charge is 0.497 e. The van der Waals surface area contributed by atoms with Gasteiger partial charge in [-0.2, -0.15) is 0 Å². The monoisotopic (exact) mass is 359 g/mol. The van der Waals surface area contributed by atoms with Crippen LogP contribution in [0.15, 0.2) is 24.3 Å². The van der Waals surface area contributed by atoms with E-state index in [-0.39, 0.29) is 11.9 Å². The number of aryl methyl sites for hydroxylation is 1. The molecule has 2 aromatic rings. The number of carbonyl (C=O) groups is 1. The number of benzene rings is 1. The van der Waals surface area contributed by atoms with Gasteiger partial charge in [-0.25, -0.2) is 0 Å². The maximum absolute atomic E-state index is 13.0. The number of amides is 1. The minimum Gasteiger partial charge on any atom is -0.497 e. The van der Waals surface area contributed by atoms with Gasteiger partial charge in [0.25, 0.3) is 5.91 Å². The van der Waals surface area contributed by atoms with Gasteiger partial charge in [0.2, 0.25) is 0 Å². The highest BCUT2D eigenvalue weighted by molar-refractivity contribution is 7.07. The van der Waals surface area contributed by atoms with E-state index in [1.165, 1.54) is 18.0 Å². The number of ether oxygens (including phenoxy) is 2. The molecule has 0 spiro atoms. The number of fused-ring (bicyclic) bond motifs is 2. The van der Waals surface area contributed by atoms with Crippen LogP contribution in [-0.4, -0.2) is 46.2 Å². The SMILES string of the molecule is COc1ccc(OC[C@@H]2[C@H]3CC[C@@H](C3)N2C(=O)c2snnc2C)cc1. The van der Waals surface area contributed by atoms with Gasteiger partial charge in [-0.05, 0) is 67.9 Å². The molecule has 0 unspecified atom stereocenters. The molecule has 132 valence electrons. The lowest BCUT2D eigenvalue weighted by Crippen LogP contribution is -2.47. The molecule has 1 aromatic carbocycles. The maximum atomic E-state index is 13.0. The van der Waals surface area contributed by atoms with Gasteiger partial charge < -0.3 is 14.4 Å². The highest BCUT2D eigenvalue weighted by atomic mass is 32.1. The Morgan fingerprint density at radius 3 is 2.72 bits per heavy atom. The van der Waals surface area contributed by atoms with Crippen LogP contribution >= 0.6 is 11.5 Å². The molecule has 0 radical (unpaired) electrons. The van der Waals surface area contributed by atoms with E-state index < -0.39 is 0 Å². The first kappa shape index (κ1) is 16.3. The molecule has 2 bridgehead atoms. The third-order valence-electron chi connectivity index (χ3n) is 5.30. The molecule has 1 aliphatic heterocycles. The average Bonchev–Trinajstić information content (AvgIpc) is 3.35. The zero-order chi connectivity index (χ0) is 17.4. The standard InChI is InChI=1S/C18H21N3O3S/c1-11-17(25-20-19-11)18(22)21-13-4-3-12(9-13)16(21)10-24-15-7-5-14(23-2)6-8-15/h5-8,12-13,16H,3-4,9-10H2,1-2H3/t12-,13-,16+/m0/s1. The Hall–Kier alpha value is -2.15. The van der Waals surface area contributed by atoms with E-state index >= 15 is 0 Å². The number of nitrogens with zero attached hydrogens (tertiary/aromatic N) is 3. The summed E-state index contributed by atoms with van der Waals surface area (Å²) < 4.78 is 15.1. The van der Waals surface area contributed by atoms with Gasteiger partial charge in [0.05, 0.1) is 18.8 Å². The molecule has 0 N–H and O–H groups in total. The molecular formula is C18H21N3O3S. The van der Waals surface area contributed by atoms with E-state index in [0.717, 1.165) is 24.3 Å². The number of rotatable bonds is 5. The first-order chi connectivity index (χ1) is 12.2. The van der Waals surface area contributed by atoms with E-state index in [0.29, 0.717) is 29.1 Å². The Labute approximate surface area is 150 Å². The van der Waals surface area contributed by atoms with Crippen molar-refractivity contribution in [2.24, 2.45) is 5.92 Å². The van der Waals surface area contributed by atoms with Gasteiger partial charge >= 0.3 is 0 Å². The molecule has 1 saturated carbocycles. The van der Waals surface area contributed by atoms with Crippen molar-refractivity contribution in [2.75, 3.05) is 13.7 Å². The molecular weight excluding hydrogens is 338 g/mol. The predicted molar refractivity (Wildman–Crippen MR) is 94.2 cm³/mol. The zero-order valence-electron chi connectivity index (χ0n) is 14.3. The van der Waals surface area contributed by atoms with Crippen molar-refractivity contribution < 1.29 is 14.3 Å². The van der Waals surface area contributed by atoms with Gasteiger partial charge in [0.15, 0.2) is 0 Å². The number of hydrogen-bond acceptors (Lipinski definition) is 6.